The van der Waals surface area contributed by atoms with Crippen LogP contribution in [0.15, 0.2) is 18.2 Å². The summed E-state index contributed by atoms with van der Waals surface area (Å²) >= 11 is 7.95. The summed E-state index contributed by atoms with van der Waals surface area (Å²) < 4.78 is 10.9. The lowest BCUT2D eigenvalue weighted by molar-refractivity contribution is 0.271. The van der Waals surface area contributed by atoms with E-state index in [4.69, 9.17) is 21.1 Å². The monoisotopic (exact) mass is 432 g/mol. The van der Waals surface area contributed by atoms with Gasteiger partial charge in [0, 0.05) is 36.6 Å². The normalized spacial score (nSPS) is 15.1. The standard InChI is InChI=1S/C21H25ClN4O2S/c1-5-25-8-10-26(11-9-25)19-18-17(13(2)29-20(18)24-21(22)23-19)14-6-7-15(27-3)16(12-14)28-4/h6-7,12H,5,8-11H2,1-4H3. The summed E-state index contributed by atoms with van der Waals surface area (Å²) in [7, 11) is 3.30. The van der Waals surface area contributed by atoms with Crippen LogP contribution in [0.4, 0.5) is 5.82 Å². The van der Waals surface area contributed by atoms with Gasteiger partial charge < -0.3 is 19.3 Å². The number of hydrogen-bond donors (Lipinski definition) is 0. The number of piperazine rings is 1. The summed E-state index contributed by atoms with van der Waals surface area (Å²) in [6.07, 6.45) is 0. The van der Waals surface area contributed by atoms with E-state index in [0.717, 1.165) is 59.9 Å². The molecule has 1 saturated heterocycles. The second kappa shape index (κ2) is 8.34. The molecule has 0 spiro atoms. The zero-order chi connectivity index (χ0) is 20.5. The third-order valence-electron chi connectivity index (χ3n) is 5.47. The molecule has 1 aliphatic heterocycles. The first-order valence-corrected chi connectivity index (χ1v) is 10.9. The first kappa shape index (κ1) is 20.2. The molecule has 0 bridgehead atoms. The van der Waals surface area contributed by atoms with E-state index in [1.807, 2.05) is 12.1 Å². The molecule has 4 rings (SSSR count). The third kappa shape index (κ3) is 3.74. The van der Waals surface area contributed by atoms with Crippen LogP contribution in [0, 0.1) is 6.92 Å². The zero-order valence-electron chi connectivity index (χ0n) is 17.2. The number of likely N-dealkylation sites (N-methyl/N-ethyl adjacent to an activating group) is 1. The van der Waals surface area contributed by atoms with Gasteiger partial charge in [0.25, 0.3) is 0 Å². The van der Waals surface area contributed by atoms with Crippen molar-refractivity contribution in [2.45, 2.75) is 13.8 Å². The van der Waals surface area contributed by atoms with Crippen molar-refractivity contribution in [3.8, 4) is 22.6 Å². The predicted octanol–water partition coefficient (Wildman–Crippen LogP) is 4.48. The minimum absolute atomic E-state index is 0.297. The highest BCUT2D eigenvalue weighted by molar-refractivity contribution is 7.19. The van der Waals surface area contributed by atoms with Gasteiger partial charge in [-0.25, -0.2) is 4.98 Å². The van der Waals surface area contributed by atoms with E-state index in [0.29, 0.717) is 16.8 Å². The maximum Gasteiger partial charge on any atom is 0.225 e. The molecule has 8 heteroatoms. The van der Waals surface area contributed by atoms with Crippen LogP contribution >= 0.6 is 22.9 Å². The fourth-order valence-electron chi connectivity index (χ4n) is 3.91. The molecule has 3 aromatic rings. The molecule has 0 saturated carbocycles. The molecule has 29 heavy (non-hydrogen) atoms. The van der Waals surface area contributed by atoms with Gasteiger partial charge in [-0.15, -0.1) is 11.3 Å². The number of thiophene rings is 1. The number of hydrogen-bond acceptors (Lipinski definition) is 7. The number of nitrogens with zero attached hydrogens (tertiary/aromatic N) is 4. The molecule has 0 aliphatic carbocycles. The van der Waals surface area contributed by atoms with Gasteiger partial charge in [0.15, 0.2) is 11.5 Å². The number of aryl methyl sites for hydroxylation is 1. The van der Waals surface area contributed by atoms with Crippen molar-refractivity contribution < 1.29 is 9.47 Å². The number of benzene rings is 1. The molecule has 0 atom stereocenters. The summed E-state index contributed by atoms with van der Waals surface area (Å²) in [5, 5.41) is 1.36. The SMILES string of the molecule is CCN1CCN(c2nc(Cl)nc3sc(C)c(-c4ccc(OC)c(OC)c4)c23)CC1. The summed E-state index contributed by atoms with van der Waals surface area (Å²) in [5.74, 6) is 2.34. The summed E-state index contributed by atoms with van der Waals surface area (Å²) in [4.78, 5) is 16.1. The maximum atomic E-state index is 6.30. The lowest BCUT2D eigenvalue weighted by atomic mass is 10.0. The number of methoxy groups -OCH3 is 2. The van der Waals surface area contributed by atoms with Crippen LogP contribution in [-0.2, 0) is 0 Å². The Morgan fingerprint density at radius 2 is 1.79 bits per heavy atom. The Labute approximate surface area is 180 Å². The second-order valence-electron chi connectivity index (χ2n) is 7.02. The van der Waals surface area contributed by atoms with Crippen molar-refractivity contribution in [1.29, 1.82) is 0 Å². The molecule has 1 aliphatic rings. The van der Waals surface area contributed by atoms with Crippen molar-refractivity contribution in [1.82, 2.24) is 14.9 Å². The van der Waals surface area contributed by atoms with Gasteiger partial charge in [0.1, 0.15) is 10.6 Å². The van der Waals surface area contributed by atoms with Crippen LogP contribution in [0.25, 0.3) is 21.3 Å². The topological polar surface area (TPSA) is 50.7 Å². The van der Waals surface area contributed by atoms with Crippen LogP contribution in [0.2, 0.25) is 5.28 Å². The van der Waals surface area contributed by atoms with Crippen LogP contribution in [0.5, 0.6) is 11.5 Å². The van der Waals surface area contributed by atoms with Crippen LogP contribution in [0.1, 0.15) is 11.8 Å². The Balaban J connectivity index is 1.86. The molecule has 1 aromatic carbocycles. The first-order valence-electron chi connectivity index (χ1n) is 9.72. The fraction of sp³-hybridized carbons (Fsp3) is 0.429. The number of rotatable bonds is 5. The molecule has 6 nitrogen and oxygen atoms in total. The highest BCUT2D eigenvalue weighted by Gasteiger charge is 2.25. The first-order chi connectivity index (χ1) is 14.0. The molecule has 154 valence electrons. The predicted molar refractivity (Wildman–Crippen MR) is 120 cm³/mol. The highest BCUT2D eigenvalue weighted by atomic mass is 35.5. The second-order valence-corrected chi connectivity index (χ2v) is 8.56. The van der Waals surface area contributed by atoms with Gasteiger partial charge in [0.05, 0.1) is 19.6 Å². The van der Waals surface area contributed by atoms with E-state index < -0.39 is 0 Å². The van der Waals surface area contributed by atoms with Crippen LogP contribution in [-0.4, -0.2) is 61.8 Å². The Bertz CT molecular complexity index is 1030. The molecule has 2 aromatic heterocycles. The Morgan fingerprint density at radius 1 is 1.07 bits per heavy atom. The number of halogens is 1. The smallest absolute Gasteiger partial charge is 0.225 e. The maximum absolute atomic E-state index is 6.30. The minimum Gasteiger partial charge on any atom is -0.493 e. The van der Waals surface area contributed by atoms with Crippen molar-refractivity contribution in [2.24, 2.45) is 0 Å². The molecule has 3 heterocycles. The molecular formula is C21H25ClN4O2S. The molecule has 0 unspecified atom stereocenters. The quantitative estimate of drug-likeness (QED) is 0.554. The average molecular weight is 433 g/mol. The van der Waals surface area contributed by atoms with E-state index in [9.17, 15) is 0 Å². The van der Waals surface area contributed by atoms with E-state index in [1.54, 1.807) is 25.6 Å². The fourth-order valence-corrected chi connectivity index (χ4v) is 5.17. The lowest BCUT2D eigenvalue weighted by Gasteiger charge is -2.35. The molecule has 0 amide bonds. The largest absolute Gasteiger partial charge is 0.493 e. The highest BCUT2D eigenvalue weighted by Crippen LogP contribution is 2.44. The van der Waals surface area contributed by atoms with Crippen molar-refractivity contribution in [3.63, 3.8) is 0 Å². The Morgan fingerprint density at radius 3 is 2.45 bits per heavy atom. The number of aromatic nitrogens is 2. The van der Waals surface area contributed by atoms with Crippen molar-refractivity contribution >= 4 is 39.0 Å². The number of fused-ring (bicyclic) bond motifs is 1. The number of anilines is 1. The summed E-state index contributed by atoms with van der Waals surface area (Å²) in [6, 6.07) is 6.01. The van der Waals surface area contributed by atoms with Crippen LogP contribution in [0.3, 0.4) is 0 Å². The van der Waals surface area contributed by atoms with Gasteiger partial charge >= 0.3 is 0 Å². The molecule has 0 N–H and O–H groups in total. The Kier molecular flexibility index (Phi) is 5.81. The van der Waals surface area contributed by atoms with Gasteiger partial charge in [-0.3, -0.25) is 0 Å². The minimum atomic E-state index is 0.297. The number of ether oxygens (including phenoxy) is 2. The van der Waals surface area contributed by atoms with Gasteiger partial charge in [-0.2, -0.15) is 4.98 Å². The molecule has 0 radical (unpaired) electrons. The third-order valence-corrected chi connectivity index (χ3v) is 6.64. The van der Waals surface area contributed by atoms with E-state index in [2.05, 4.69) is 39.7 Å². The van der Waals surface area contributed by atoms with Crippen LogP contribution < -0.4 is 14.4 Å². The van der Waals surface area contributed by atoms with E-state index in [1.165, 1.54) is 4.88 Å². The molecular weight excluding hydrogens is 408 g/mol. The van der Waals surface area contributed by atoms with Gasteiger partial charge in [-0.05, 0) is 42.8 Å². The van der Waals surface area contributed by atoms with Crippen molar-refractivity contribution in [3.05, 3.63) is 28.4 Å². The van der Waals surface area contributed by atoms with Gasteiger partial charge in [-0.1, -0.05) is 13.0 Å². The van der Waals surface area contributed by atoms with E-state index in [-0.39, 0.29) is 0 Å². The Hall–Kier alpha value is -2.09. The summed E-state index contributed by atoms with van der Waals surface area (Å²) in [5.41, 5.74) is 2.20. The lowest BCUT2D eigenvalue weighted by Crippen LogP contribution is -2.46. The summed E-state index contributed by atoms with van der Waals surface area (Å²) in [6.45, 7) is 9.29. The zero-order valence-corrected chi connectivity index (χ0v) is 18.7. The van der Waals surface area contributed by atoms with Crippen molar-refractivity contribution in [2.75, 3.05) is 51.8 Å². The van der Waals surface area contributed by atoms with Gasteiger partial charge in [0.2, 0.25) is 5.28 Å². The average Bonchev–Trinajstić information content (AvgIpc) is 3.08. The van der Waals surface area contributed by atoms with E-state index >= 15 is 0 Å². The molecule has 1 fully saturated rings.